The van der Waals surface area contributed by atoms with Gasteiger partial charge < -0.3 is 20.1 Å². The molecule has 0 spiro atoms. The Balaban J connectivity index is 0.00000420. The fraction of sp³-hybridized carbons (Fsp3) is 0.207. The molecule has 0 saturated carbocycles. The van der Waals surface area contributed by atoms with Gasteiger partial charge in [0.25, 0.3) is 11.8 Å². The van der Waals surface area contributed by atoms with E-state index < -0.39 is 5.91 Å². The molecule has 10 heteroatoms. The smallest absolute Gasteiger partial charge is 0.270 e. The molecule has 0 bridgehead atoms. The minimum absolute atomic E-state index is 0. The molecule has 3 aromatic carbocycles. The van der Waals surface area contributed by atoms with Crippen molar-refractivity contribution >= 4 is 64.3 Å². The molecule has 1 aliphatic heterocycles. The topological polar surface area (TPSA) is 85.1 Å². The maximum Gasteiger partial charge on any atom is 0.270 e. The average molecular weight is 584 g/mol. The van der Waals surface area contributed by atoms with E-state index in [9.17, 15) is 9.59 Å². The summed E-state index contributed by atoms with van der Waals surface area (Å²) in [6.45, 7) is 7.71. The van der Waals surface area contributed by atoms with Gasteiger partial charge in [-0.1, -0.05) is 62.1 Å². The van der Waals surface area contributed by atoms with E-state index >= 15 is 0 Å². The van der Waals surface area contributed by atoms with Crippen LogP contribution in [-0.4, -0.2) is 47.3 Å². The Morgan fingerprint density at radius 3 is 2.28 bits per heavy atom. The van der Waals surface area contributed by atoms with Crippen LogP contribution in [0.3, 0.4) is 0 Å². The van der Waals surface area contributed by atoms with Gasteiger partial charge in [-0.3, -0.25) is 14.5 Å². The zero-order valence-electron chi connectivity index (χ0n) is 21.7. The van der Waals surface area contributed by atoms with Gasteiger partial charge in [-0.25, -0.2) is 0 Å². The molecule has 1 fully saturated rings. The first-order valence-corrected chi connectivity index (χ1v) is 13.5. The lowest BCUT2D eigenvalue weighted by Gasteiger charge is -2.18. The fourth-order valence-corrected chi connectivity index (χ4v) is 5.18. The first kappa shape index (κ1) is 30.2. The van der Waals surface area contributed by atoms with Gasteiger partial charge in [-0.2, -0.15) is 0 Å². The number of anilines is 1. The van der Waals surface area contributed by atoms with E-state index in [1.807, 2.05) is 36.4 Å². The van der Waals surface area contributed by atoms with Gasteiger partial charge in [0, 0.05) is 6.54 Å². The summed E-state index contributed by atoms with van der Waals surface area (Å²) in [5.41, 5.74) is 7.24. The predicted octanol–water partition coefficient (Wildman–Crippen LogP) is 6.13. The second kappa shape index (κ2) is 14.1. The van der Waals surface area contributed by atoms with Crippen LogP contribution in [0.2, 0.25) is 0 Å². The van der Waals surface area contributed by atoms with Crippen molar-refractivity contribution in [2.75, 3.05) is 31.1 Å². The number of primary amides is 1. The van der Waals surface area contributed by atoms with Crippen LogP contribution in [0.5, 0.6) is 17.2 Å². The van der Waals surface area contributed by atoms with Gasteiger partial charge in [0.05, 0.1) is 16.2 Å². The number of benzene rings is 3. The van der Waals surface area contributed by atoms with Gasteiger partial charge in [-0.05, 0) is 73.3 Å². The number of thioether (sulfide) groups is 1. The summed E-state index contributed by atoms with van der Waals surface area (Å²) in [4.78, 5) is 29.2. The van der Waals surface area contributed by atoms with Crippen LogP contribution >= 0.6 is 36.4 Å². The molecule has 0 radical (unpaired) electrons. The van der Waals surface area contributed by atoms with E-state index in [1.54, 1.807) is 42.5 Å². The summed E-state index contributed by atoms with van der Waals surface area (Å²) in [6, 6.07) is 21.4. The predicted molar refractivity (Wildman–Crippen MR) is 164 cm³/mol. The molecule has 7 nitrogen and oxygen atoms in total. The van der Waals surface area contributed by atoms with E-state index in [0.29, 0.717) is 38.6 Å². The number of nitrogens with two attached hydrogens (primary N) is 1. The summed E-state index contributed by atoms with van der Waals surface area (Å²) < 4.78 is 12.2. The second-order valence-corrected chi connectivity index (χ2v) is 10.1. The highest BCUT2D eigenvalue weighted by atomic mass is 35.5. The molecule has 0 aliphatic carbocycles. The monoisotopic (exact) mass is 583 g/mol. The molecule has 1 aliphatic rings. The Morgan fingerprint density at radius 2 is 1.64 bits per heavy atom. The number of rotatable bonds is 11. The molecule has 2 amide bonds. The van der Waals surface area contributed by atoms with E-state index in [1.165, 1.54) is 16.7 Å². The van der Waals surface area contributed by atoms with Crippen molar-refractivity contribution in [1.29, 1.82) is 0 Å². The minimum Gasteiger partial charge on any atom is -0.492 e. The third-order valence-corrected chi connectivity index (χ3v) is 7.32. The standard InChI is InChI=1S/C29H29N3O4S2.ClH/c1-3-31(4-2)17-18-35-22-15-11-21(12-16-22)32-28(34)26(38-29(32)37)19-20-9-13-23(14-10-20)36-25-8-6-5-7-24(25)27(30)33;/h5-16,19H,3-4,17-18H2,1-2H3,(H2,30,33);1H. The molecule has 0 atom stereocenters. The summed E-state index contributed by atoms with van der Waals surface area (Å²) in [5, 5.41) is 0. The molecule has 4 rings (SSSR count). The minimum atomic E-state index is -0.559. The maximum atomic E-state index is 13.2. The number of halogens is 1. The number of thiocarbonyl (C=S) groups is 1. The molecule has 39 heavy (non-hydrogen) atoms. The number of hydrogen-bond acceptors (Lipinski definition) is 7. The third-order valence-electron chi connectivity index (χ3n) is 6.02. The van der Waals surface area contributed by atoms with E-state index in [2.05, 4.69) is 18.7 Å². The van der Waals surface area contributed by atoms with E-state index in [4.69, 9.17) is 27.4 Å². The van der Waals surface area contributed by atoms with Crippen molar-refractivity contribution in [3.8, 4) is 17.2 Å². The molecular weight excluding hydrogens is 554 g/mol. The molecule has 1 saturated heterocycles. The zero-order chi connectivity index (χ0) is 27.1. The molecule has 1 heterocycles. The number of carbonyl (C=O) groups is 2. The number of ether oxygens (including phenoxy) is 2. The van der Waals surface area contributed by atoms with Gasteiger partial charge in [0.1, 0.15) is 23.9 Å². The lowest BCUT2D eigenvalue weighted by Crippen LogP contribution is -2.28. The van der Waals surface area contributed by atoms with Crippen molar-refractivity contribution in [2.45, 2.75) is 13.8 Å². The summed E-state index contributed by atoms with van der Waals surface area (Å²) in [6.07, 6.45) is 1.80. The van der Waals surface area contributed by atoms with Crippen molar-refractivity contribution in [3.63, 3.8) is 0 Å². The van der Waals surface area contributed by atoms with Gasteiger partial charge in [0.2, 0.25) is 0 Å². The second-order valence-electron chi connectivity index (χ2n) is 8.42. The molecule has 0 aromatic heterocycles. The highest BCUT2D eigenvalue weighted by Crippen LogP contribution is 2.37. The summed E-state index contributed by atoms with van der Waals surface area (Å²) in [7, 11) is 0. The molecule has 3 aromatic rings. The molecular formula is C29H30ClN3O4S2. The van der Waals surface area contributed by atoms with E-state index in [-0.39, 0.29) is 18.3 Å². The van der Waals surface area contributed by atoms with Crippen LogP contribution in [0, 0.1) is 0 Å². The van der Waals surface area contributed by atoms with Crippen LogP contribution in [0.25, 0.3) is 6.08 Å². The Bertz CT molecular complexity index is 1340. The maximum absolute atomic E-state index is 13.2. The summed E-state index contributed by atoms with van der Waals surface area (Å²) in [5.74, 6) is 0.946. The van der Waals surface area contributed by atoms with Crippen LogP contribution in [0.1, 0.15) is 29.8 Å². The van der Waals surface area contributed by atoms with Crippen LogP contribution in [-0.2, 0) is 4.79 Å². The number of likely N-dealkylation sites (N-methyl/N-ethyl adjacent to an activating group) is 1. The Labute approximate surface area is 244 Å². The van der Waals surface area contributed by atoms with Crippen molar-refractivity contribution in [2.24, 2.45) is 5.73 Å². The average Bonchev–Trinajstić information content (AvgIpc) is 3.20. The summed E-state index contributed by atoms with van der Waals surface area (Å²) >= 11 is 6.77. The number of carbonyl (C=O) groups excluding carboxylic acids is 2. The Kier molecular flexibility index (Phi) is 10.9. The largest absolute Gasteiger partial charge is 0.492 e. The Morgan fingerprint density at radius 1 is 1.00 bits per heavy atom. The first-order valence-electron chi connectivity index (χ1n) is 12.3. The SMILES string of the molecule is CCN(CC)CCOc1ccc(N2C(=O)C(=Cc3ccc(Oc4ccccc4C(N)=O)cc3)SC2=S)cc1.Cl. The lowest BCUT2D eigenvalue weighted by atomic mass is 10.2. The third kappa shape index (κ3) is 7.60. The highest BCUT2D eigenvalue weighted by molar-refractivity contribution is 8.27. The quantitative estimate of drug-likeness (QED) is 0.215. The molecule has 2 N–H and O–H groups in total. The van der Waals surface area contributed by atoms with Gasteiger partial charge >= 0.3 is 0 Å². The fourth-order valence-electron chi connectivity index (χ4n) is 3.88. The number of nitrogens with zero attached hydrogens (tertiary/aromatic N) is 2. The van der Waals surface area contributed by atoms with Gasteiger partial charge in [-0.15, -0.1) is 12.4 Å². The van der Waals surface area contributed by atoms with Crippen LogP contribution in [0.15, 0.2) is 77.7 Å². The van der Waals surface area contributed by atoms with E-state index in [0.717, 1.165) is 30.9 Å². The van der Waals surface area contributed by atoms with Gasteiger partial charge in [0.15, 0.2) is 4.32 Å². The van der Waals surface area contributed by atoms with Crippen molar-refractivity contribution < 1.29 is 19.1 Å². The first-order chi connectivity index (χ1) is 18.4. The van der Waals surface area contributed by atoms with Crippen molar-refractivity contribution in [3.05, 3.63) is 88.8 Å². The molecule has 204 valence electrons. The highest BCUT2D eigenvalue weighted by Gasteiger charge is 2.33. The molecule has 0 unspecified atom stereocenters. The van der Waals surface area contributed by atoms with Crippen LogP contribution in [0.4, 0.5) is 5.69 Å². The van der Waals surface area contributed by atoms with Crippen LogP contribution < -0.4 is 20.1 Å². The number of hydrogen-bond donors (Lipinski definition) is 1. The van der Waals surface area contributed by atoms with Crippen molar-refractivity contribution in [1.82, 2.24) is 4.90 Å². The number of para-hydroxylation sites is 1. The number of amides is 2. The zero-order valence-corrected chi connectivity index (χ0v) is 24.1. The Hall–Kier alpha value is -3.37. The normalized spacial score (nSPS) is 14.0. The lowest BCUT2D eigenvalue weighted by molar-refractivity contribution is -0.113.